The molecule has 2 N–H and O–H groups in total. The molecule has 0 aliphatic carbocycles. The number of carboxylic acids is 1. The second-order valence-electron chi connectivity index (χ2n) is 6.63. The third-order valence-corrected chi connectivity index (χ3v) is 5.51. The summed E-state index contributed by atoms with van der Waals surface area (Å²) in [6.45, 7) is 0. The minimum atomic E-state index is -0.987. The minimum absolute atomic E-state index is 0.230. The summed E-state index contributed by atoms with van der Waals surface area (Å²) < 4.78 is 0. The van der Waals surface area contributed by atoms with E-state index in [1.54, 1.807) is 24.3 Å². The number of aromatic nitrogens is 1. The summed E-state index contributed by atoms with van der Waals surface area (Å²) in [6.07, 6.45) is -0.230. The number of aliphatic carboxylic acids is 1. The van der Waals surface area contributed by atoms with Crippen LogP contribution in [-0.4, -0.2) is 21.8 Å². The molecule has 1 aromatic heterocycles. The Morgan fingerprint density at radius 2 is 1.55 bits per heavy atom. The van der Waals surface area contributed by atoms with Crippen molar-refractivity contribution in [3.63, 3.8) is 0 Å². The van der Waals surface area contributed by atoms with Gasteiger partial charge < -0.3 is 10.1 Å². The van der Waals surface area contributed by atoms with Crippen molar-refractivity contribution in [3.8, 4) is 11.1 Å². The number of hydrogen-bond acceptors (Lipinski definition) is 2. The predicted octanol–water partition coefficient (Wildman–Crippen LogP) is 6.00. The molecule has 0 saturated carbocycles. The van der Waals surface area contributed by atoms with E-state index in [4.69, 9.17) is 23.2 Å². The zero-order valence-electron chi connectivity index (χ0n) is 15.1. The van der Waals surface area contributed by atoms with Gasteiger partial charge in [-0.25, -0.2) is 0 Å². The van der Waals surface area contributed by atoms with Crippen LogP contribution in [0.4, 0.5) is 0 Å². The molecule has 144 valence electrons. The maximum absolute atomic E-state index is 13.1. The van der Waals surface area contributed by atoms with Crippen LogP contribution in [0.1, 0.15) is 21.6 Å². The molecule has 0 fully saturated rings. The molecule has 0 atom stereocenters. The molecule has 6 heteroatoms. The molecule has 1 heterocycles. The van der Waals surface area contributed by atoms with Gasteiger partial charge in [0.15, 0.2) is 0 Å². The molecule has 0 unspecified atom stereocenters. The Morgan fingerprint density at radius 3 is 2.24 bits per heavy atom. The summed E-state index contributed by atoms with van der Waals surface area (Å²) in [4.78, 5) is 27.5. The van der Waals surface area contributed by atoms with Gasteiger partial charge in [0.05, 0.1) is 22.2 Å². The third kappa shape index (κ3) is 3.77. The molecule has 0 aliphatic rings. The largest absolute Gasteiger partial charge is 0.481 e. The number of halogens is 2. The van der Waals surface area contributed by atoms with Crippen molar-refractivity contribution >= 4 is 45.9 Å². The van der Waals surface area contributed by atoms with E-state index in [1.165, 1.54) is 0 Å². The van der Waals surface area contributed by atoms with Gasteiger partial charge in [0, 0.05) is 22.0 Å². The lowest BCUT2D eigenvalue weighted by Crippen LogP contribution is -2.08. The number of rotatable bonds is 5. The third-order valence-electron chi connectivity index (χ3n) is 4.77. The van der Waals surface area contributed by atoms with Crippen LogP contribution in [0.2, 0.25) is 10.0 Å². The van der Waals surface area contributed by atoms with E-state index in [0.29, 0.717) is 26.9 Å². The molecule has 4 rings (SSSR count). The fourth-order valence-corrected chi connectivity index (χ4v) is 3.66. The first-order valence-corrected chi connectivity index (χ1v) is 9.61. The van der Waals surface area contributed by atoms with Crippen molar-refractivity contribution in [3.05, 3.63) is 93.6 Å². The molecule has 0 radical (unpaired) electrons. The quantitative estimate of drug-likeness (QED) is 0.386. The van der Waals surface area contributed by atoms with Crippen molar-refractivity contribution in [2.75, 3.05) is 0 Å². The summed E-state index contributed by atoms with van der Waals surface area (Å²) in [5.74, 6) is -1.24. The SMILES string of the molecule is O=C(O)Cc1c(C(=O)c2ccc(-c3ccc(Cl)c(Cl)c3)cc2)[nH]c2ccccc12. The zero-order chi connectivity index (χ0) is 20.5. The Labute approximate surface area is 176 Å². The molecule has 0 aliphatic heterocycles. The standard InChI is InChI=1S/C23H15Cl2NO3/c24-18-10-9-15(11-19(18)25)13-5-7-14(8-6-13)23(29)22-17(12-21(27)28)16-3-1-2-4-20(16)26-22/h1-11,26H,12H2,(H,27,28). The number of aromatic amines is 1. The molecular formula is C23H15Cl2NO3. The van der Waals surface area contributed by atoms with E-state index in [2.05, 4.69) is 4.98 Å². The van der Waals surface area contributed by atoms with Crippen molar-refractivity contribution in [1.29, 1.82) is 0 Å². The van der Waals surface area contributed by atoms with Crippen LogP contribution >= 0.6 is 23.2 Å². The fraction of sp³-hybridized carbons (Fsp3) is 0.0435. The minimum Gasteiger partial charge on any atom is -0.481 e. The number of para-hydroxylation sites is 1. The van der Waals surface area contributed by atoms with Gasteiger partial charge in [-0.15, -0.1) is 0 Å². The average molecular weight is 424 g/mol. The molecule has 4 nitrogen and oxygen atoms in total. The highest BCUT2D eigenvalue weighted by Crippen LogP contribution is 2.30. The predicted molar refractivity (Wildman–Crippen MR) is 115 cm³/mol. The van der Waals surface area contributed by atoms with Crippen LogP contribution in [-0.2, 0) is 11.2 Å². The van der Waals surface area contributed by atoms with Crippen LogP contribution in [0.25, 0.3) is 22.0 Å². The van der Waals surface area contributed by atoms with Gasteiger partial charge in [-0.3, -0.25) is 9.59 Å². The van der Waals surface area contributed by atoms with Crippen LogP contribution < -0.4 is 0 Å². The molecule has 0 bridgehead atoms. The summed E-state index contributed by atoms with van der Waals surface area (Å²) in [6, 6.07) is 19.7. The van der Waals surface area contributed by atoms with Crippen LogP contribution in [0.5, 0.6) is 0 Å². The van der Waals surface area contributed by atoms with Crippen LogP contribution in [0, 0.1) is 0 Å². The molecule has 0 spiro atoms. The maximum atomic E-state index is 13.1. The number of ketones is 1. The van der Waals surface area contributed by atoms with Gasteiger partial charge in [-0.05, 0) is 29.3 Å². The van der Waals surface area contributed by atoms with E-state index in [1.807, 2.05) is 42.5 Å². The second kappa shape index (κ2) is 7.74. The van der Waals surface area contributed by atoms with Gasteiger partial charge in [0.1, 0.15) is 0 Å². The van der Waals surface area contributed by atoms with Gasteiger partial charge in [0.2, 0.25) is 5.78 Å². The Kier molecular flexibility index (Phi) is 5.14. The normalized spacial score (nSPS) is 11.0. The number of carbonyl (C=O) groups is 2. The number of nitrogens with one attached hydrogen (secondary N) is 1. The van der Waals surface area contributed by atoms with Gasteiger partial charge in [-0.1, -0.05) is 71.7 Å². The first kappa shape index (κ1) is 19.2. The fourth-order valence-electron chi connectivity index (χ4n) is 3.36. The lowest BCUT2D eigenvalue weighted by atomic mass is 9.99. The Hall–Kier alpha value is -3.08. The van der Waals surface area contributed by atoms with Crippen LogP contribution in [0.15, 0.2) is 66.7 Å². The van der Waals surface area contributed by atoms with Gasteiger partial charge in [-0.2, -0.15) is 0 Å². The summed E-state index contributed by atoms with van der Waals surface area (Å²) in [7, 11) is 0. The van der Waals surface area contributed by atoms with Crippen molar-refractivity contribution < 1.29 is 14.7 Å². The van der Waals surface area contributed by atoms with Crippen molar-refractivity contribution in [1.82, 2.24) is 4.98 Å². The highest BCUT2D eigenvalue weighted by molar-refractivity contribution is 6.42. The lowest BCUT2D eigenvalue weighted by Gasteiger charge is -2.06. The summed E-state index contributed by atoms with van der Waals surface area (Å²) >= 11 is 12.1. The summed E-state index contributed by atoms with van der Waals surface area (Å²) in [5, 5.41) is 11.0. The number of carboxylic acid groups (broad SMARTS) is 1. The number of H-pyrrole nitrogens is 1. The van der Waals surface area contributed by atoms with Gasteiger partial charge >= 0.3 is 5.97 Å². The Bertz CT molecular complexity index is 1240. The molecule has 0 saturated heterocycles. The van der Waals surface area contributed by atoms with E-state index in [0.717, 1.165) is 22.0 Å². The highest BCUT2D eigenvalue weighted by Gasteiger charge is 2.21. The number of hydrogen-bond donors (Lipinski definition) is 2. The average Bonchev–Trinajstić information content (AvgIpc) is 3.07. The highest BCUT2D eigenvalue weighted by atomic mass is 35.5. The molecular weight excluding hydrogens is 409 g/mol. The molecule has 0 amide bonds. The number of carbonyl (C=O) groups excluding carboxylic acids is 1. The van der Waals surface area contributed by atoms with Crippen molar-refractivity contribution in [2.45, 2.75) is 6.42 Å². The summed E-state index contributed by atoms with van der Waals surface area (Å²) in [5.41, 5.74) is 3.77. The Balaban J connectivity index is 1.71. The first-order chi connectivity index (χ1) is 13.9. The molecule has 3 aromatic carbocycles. The van der Waals surface area contributed by atoms with Gasteiger partial charge in [0.25, 0.3) is 0 Å². The molecule has 4 aromatic rings. The first-order valence-electron chi connectivity index (χ1n) is 8.85. The number of benzene rings is 3. The smallest absolute Gasteiger partial charge is 0.307 e. The second-order valence-corrected chi connectivity index (χ2v) is 7.44. The Morgan fingerprint density at radius 1 is 0.862 bits per heavy atom. The zero-order valence-corrected chi connectivity index (χ0v) is 16.6. The van der Waals surface area contributed by atoms with E-state index in [-0.39, 0.29) is 12.2 Å². The van der Waals surface area contributed by atoms with E-state index in [9.17, 15) is 14.7 Å². The molecule has 29 heavy (non-hydrogen) atoms. The van der Waals surface area contributed by atoms with Crippen molar-refractivity contribution in [2.24, 2.45) is 0 Å². The lowest BCUT2D eigenvalue weighted by molar-refractivity contribution is -0.136. The van der Waals surface area contributed by atoms with Crippen LogP contribution in [0.3, 0.4) is 0 Å². The van der Waals surface area contributed by atoms with E-state index >= 15 is 0 Å². The maximum Gasteiger partial charge on any atom is 0.307 e. The number of fused-ring (bicyclic) bond motifs is 1. The topological polar surface area (TPSA) is 70.2 Å². The van der Waals surface area contributed by atoms with E-state index < -0.39 is 5.97 Å². The monoisotopic (exact) mass is 423 g/mol.